The van der Waals surface area contributed by atoms with E-state index in [1.54, 1.807) is 0 Å². The highest BCUT2D eigenvalue weighted by atomic mass is 32.2. The van der Waals surface area contributed by atoms with Crippen molar-refractivity contribution in [3.05, 3.63) is 23.8 Å². The minimum atomic E-state index is -3.88. The Morgan fingerprint density at radius 1 is 1.38 bits per heavy atom. The molecule has 0 bridgehead atoms. The molecule has 1 aromatic carbocycles. The molecule has 0 aromatic heterocycles. The molecule has 7 nitrogen and oxygen atoms in total. The third-order valence-electron chi connectivity index (χ3n) is 2.88. The molecule has 118 valence electrons. The fraction of sp³-hybridized carbons (Fsp3) is 0.462. The molecule has 1 aromatic rings. The van der Waals surface area contributed by atoms with Crippen LogP contribution < -0.4 is 16.2 Å². The molecule has 0 saturated carbocycles. The Morgan fingerprint density at radius 2 is 2.00 bits per heavy atom. The van der Waals surface area contributed by atoms with Crippen LogP contribution in [0.3, 0.4) is 0 Å². The Labute approximate surface area is 124 Å². The van der Waals surface area contributed by atoms with Crippen LogP contribution in [0.15, 0.2) is 23.1 Å². The summed E-state index contributed by atoms with van der Waals surface area (Å²) in [5, 5.41) is 9.25. The zero-order chi connectivity index (χ0) is 16.2. The number of anilines is 1. The molecule has 0 spiro atoms. The summed E-state index contributed by atoms with van der Waals surface area (Å²) in [6, 6.07) is 3.14. The zero-order valence-electron chi connectivity index (χ0n) is 12.0. The number of sulfonamides is 1. The van der Waals surface area contributed by atoms with E-state index in [1.807, 2.05) is 13.8 Å². The van der Waals surface area contributed by atoms with Crippen LogP contribution in [0.1, 0.15) is 30.6 Å². The molecule has 0 aliphatic rings. The third kappa shape index (κ3) is 4.69. The normalized spacial score (nSPS) is 13.3. The molecule has 0 radical (unpaired) electrons. The molecular formula is C13H21N3O4S. The summed E-state index contributed by atoms with van der Waals surface area (Å²) in [4.78, 5) is 10.9. The standard InChI is InChI=1S/C13H21N3O4S/c1-8(2)5-10(7-17)16-21(19,20)12-4-3-9(13(15)18)6-11(12)14/h3-4,6,8,10,16-17H,5,7,14H2,1-2H3,(H2,15,18). The van der Waals surface area contributed by atoms with E-state index in [1.165, 1.54) is 18.2 Å². The van der Waals surface area contributed by atoms with Crippen LogP contribution in [-0.4, -0.2) is 32.1 Å². The number of nitrogen functional groups attached to an aromatic ring is 1. The maximum atomic E-state index is 12.3. The van der Waals surface area contributed by atoms with E-state index in [-0.39, 0.29) is 28.7 Å². The monoisotopic (exact) mass is 315 g/mol. The van der Waals surface area contributed by atoms with Crippen LogP contribution >= 0.6 is 0 Å². The van der Waals surface area contributed by atoms with Gasteiger partial charge in [-0.2, -0.15) is 0 Å². The minimum absolute atomic E-state index is 0.0694. The van der Waals surface area contributed by atoms with Crippen molar-refractivity contribution in [1.82, 2.24) is 4.72 Å². The molecule has 21 heavy (non-hydrogen) atoms. The minimum Gasteiger partial charge on any atom is -0.398 e. The molecule has 0 heterocycles. The SMILES string of the molecule is CC(C)CC(CO)NS(=O)(=O)c1ccc(C(N)=O)cc1N. The Bertz CT molecular complexity index is 614. The number of amides is 1. The van der Waals surface area contributed by atoms with Crippen molar-refractivity contribution in [1.29, 1.82) is 0 Å². The first kappa shape index (κ1) is 17.4. The predicted molar refractivity (Wildman–Crippen MR) is 80.0 cm³/mol. The number of nitrogens with one attached hydrogen (secondary N) is 1. The number of rotatable bonds is 7. The number of aliphatic hydroxyl groups is 1. The van der Waals surface area contributed by atoms with Crippen LogP contribution in [0.2, 0.25) is 0 Å². The van der Waals surface area contributed by atoms with Crippen molar-refractivity contribution in [3.63, 3.8) is 0 Å². The summed E-state index contributed by atoms with van der Waals surface area (Å²) in [5.41, 5.74) is 10.8. The van der Waals surface area contributed by atoms with Crippen molar-refractivity contribution >= 4 is 21.6 Å². The Morgan fingerprint density at radius 3 is 2.43 bits per heavy atom. The number of hydrogen-bond acceptors (Lipinski definition) is 5. The number of aliphatic hydroxyl groups excluding tert-OH is 1. The highest BCUT2D eigenvalue weighted by molar-refractivity contribution is 7.89. The van der Waals surface area contributed by atoms with Crippen LogP contribution in [0.4, 0.5) is 5.69 Å². The molecule has 0 aliphatic heterocycles. The fourth-order valence-electron chi connectivity index (χ4n) is 1.96. The second-order valence-corrected chi connectivity index (χ2v) is 6.93. The highest BCUT2D eigenvalue weighted by Crippen LogP contribution is 2.20. The molecule has 1 unspecified atom stereocenters. The van der Waals surface area contributed by atoms with Gasteiger partial charge in [-0.25, -0.2) is 13.1 Å². The zero-order valence-corrected chi connectivity index (χ0v) is 12.9. The molecule has 1 atom stereocenters. The van der Waals surface area contributed by atoms with E-state index in [4.69, 9.17) is 11.5 Å². The topological polar surface area (TPSA) is 136 Å². The lowest BCUT2D eigenvalue weighted by molar-refractivity contribution is 0.1000. The van der Waals surface area contributed by atoms with Crippen molar-refractivity contribution in [2.75, 3.05) is 12.3 Å². The molecule has 8 heteroatoms. The van der Waals surface area contributed by atoms with Gasteiger partial charge in [-0.3, -0.25) is 4.79 Å². The fourth-order valence-corrected chi connectivity index (χ4v) is 3.31. The van der Waals surface area contributed by atoms with Gasteiger partial charge in [0.1, 0.15) is 4.90 Å². The second kappa shape index (κ2) is 6.88. The van der Waals surface area contributed by atoms with Gasteiger partial charge in [-0.05, 0) is 30.5 Å². The van der Waals surface area contributed by atoms with Gasteiger partial charge >= 0.3 is 0 Å². The summed E-state index contributed by atoms with van der Waals surface area (Å²) < 4.78 is 26.9. The number of hydrogen-bond donors (Lipinski definition) is 4. The van der Waals surface area contributed by atoms with E-state index < -0.39 is 22.0 Å². The van der Waals surface area contributed by atoms with Crippen molar-refractivity contribution in [3.8, 4) is 0 Å². The molecule has 0 aliphatic carbocycles. The number of primary amides is 1. The van der Waals surface area contributed by atoms with Gasteiger partial charge in [0, 0.05) is 11.6 Å². The van der Waals surface area contributed by atoms with Crippen LogP contribution in [0, 0.1) is 5.92 Å². The highest BCUT2D eigenvalue weighted by Gasteiger charge is 2.23. The van der Waals surface area contributed by atoms with E-state index >= 15 is 0 Å². The van der Waals surface area contributed by atoms with Crippen LogP contribution in [-0.2, 0) is 10.0 Å². The first-order valence-corrected chi connectivity index (χ1v) is 7.98. The van der Waals surface area contributed by atoms with E-state index in [9.17, 15) is 18.3 Å². The maximum Gasteiger partial charge on any atom is 0.248 e. The van der Waals surface area contributed by atoms with Gasteiger partial charge in [-0.1, -0.05) is 13.8 Å². The van der Waals surface area contributed by atoms with Gasteiger partial charge in [-0.15, -0.1) is 0 Å². The smallest absolute Gasteiger partial charge is 0.248 e. The number of benzene rings is 1. The quantitative estimate of drug-likeness (QED) is 0.527. The van der Waals surface area contributed by atoms with Gasteiger partial charge in [0.25, 0.3) is 0 Å². The lowest BCUT2D eigenvalue weighted by Crippen LogP contribution is -2.38. The lowest BCUT2D eigenvalue weighted by Gasteiger charge is -2.19. The predicted octanol–water partition coefficient (Wildman–Crippen LogP) is 0.0530. The van der Waals surface area contributed by atoms with Crippen LogP contribution in [0.5, 0.6) is 0 Å². The third-order valence-corrected chi connectivity index (χ3v) is 4.48. The molecule has 6 N–H and O–H groups in total. The van der Waals surface area contributed by atoms with Crippen molar-refractivity contribution in [2.24, 2.45) is 11.7 Å². The number of nitrogens with two attached hydrogens (primary N) is 2. The van der Waals surface area contributed by atoms with Crippen molar-refractivity contribution in [2.45, 2.75) is 31.2 Å². The van der Waals surface area contributed by atoms with Crippen molar-refractivity contribution < 1.29 is 18.3 Å². The van der Waals surface area contributed by atoms with E-state index in [0.717, 1.165) is 0 Å². The lowest BCUT2D eigenvalue weighted by atomic mass is 10.1. The molecule has 1 amide bonds. The second-order valence-electron chi connectivity index (χ2n) is 5.25. The van der Waals surface area contributed by atoms with Gasteiger partial charge in [0.15, 0.2) is 0 Å². The summed E-state index contributed by atoms with van der Waals surface area (Å²) in [7, 11) is -3.88. The molecular weight excluding hydrogens is 294 g/mol. The Kier molecular flexibility index (Phi) is 5.70. The average molecular weight is 315 g/mol. The summed E-state index contributed by atoms with van der Waals surface area (Å²) in [6.07, 6.45) is 0.495. The maximum absolute atomic E-state index is 12.3. The first-order valence-electron chi connectivity index (χ1n) is 6.50. The van der Waals surface area contributed by atoms with Gasteiger partial charge < -0.3 is 16.6 Å². The molecule has 0 fully saturated rings. The largest absolute Gasteiger partial charge is 0.398 e. The Balaban J connectivity index is 3.05. The number of carbonyl (C=O) groups excluding carboxylic acids is 1. The Hall–Kier alpha value is -1.64. The molecule has 0 saturated heterocycles. The summed E-state index contributed by atoms with van der Waals surface area (Å²) >= 11 is 0. The number of carbonyl (C=O) groups is 1. The van der Waals surface area contributed by atoms with Crippen LogP contribution in [0.25, 0.3) is 0 Å². The molecule has 1 rings (SSSR count). The summed E-state index contributed by atoms with van der Waals surface area (Å²) in [6.45, 7) is 3.54. The van der Waals surface area contributed by atoms with Gasteiger partial charge in [0.2, 0.25) is 15.9 Å². The van der Waals surface area contributed by atoms with Gasteiger partial charge in [0.05, 0.1) is 12.3 Å². The average Bonchev–Trinajstić information content (AvgIpc) is 2.36. The summed E-state index contributed by atoms with van der Waals surface area (Å²) in [5.74, 6) is -0.467. The van der Waals surface area contributed by atoms with E-state index in [0.29, 0.717) is 6.42 Å². The first-order chi connectivity index (χ1) is 9.67. The van der Waals surface area contributed by atoms with E-state index in [2.05, 4.69) is 4.72 Å².